The number of hydrogen-bond donors (Lipinski definition) is 2. The van der Waals surface area contributed by atoms with Gasteiger partial charge in [0, 0.05) is 17.5 Å². The van der Waals surface area contributed by atoms with Crippen molar-refractivity contribution < 1.29 is 9.52 Å². The second-order valence-electron chi connectivity index (χ2n) is 3.65. The van der Waals surface area contributed by atoms with Crippen molar-refractivity contribution in [2.45, 2.75) is 23.8 Å². The lowest BCUT2D eigenvalue weighted by Crippen LogP contribution is -1.98. The van der Waals surface area contributed by atoms with E-state index in [2.05, 4.69) is 4.98 Å². The van der Waals surface area contributed by atoms with Gasteiger partial charge in [-0.25, -0.2) is 4.98 Å². The fourth-order valence-electron chi connectivity index (χ4n) is 1.39. The van der Waals surface area contributed by atoms with Crippen molar-refractivity contribution in [2.24, 2.45) is 0 Å². The molecule has 1 unspecified atom stereocenters. The van der Waals surface area contributed by atoms with Gasteiger partial charge in [-0.3, -0.25) is 0 Å². The lowest BCUT2D eigenvalue weighted by atomic mass is 10.3. The highest BCUT2D eigenvalue weighted by atomic mass is 32.2. The summed E-state index contributed by atoms with van der Waals surface area (Å²) in [5.74, 6) is 0. The lowest BCUT2D eigenvalue weighted by Gasteiger charge is -2.04. The number of hydrogen-bond acceptors (Lipinski definition) is 5. The second kappa shape index (κ2) is 4.76. The van der Waals surface area contributed by atoms with Crippen molar-refractivity contribution in [3.05, 3.63) is 18.2 Å². The molecule has 0 radical (unpaired) electrons. The van der Waals surface area contributed by atoms with Crippen molar-refractivity contribution in [2.75, 3.05) is 12.3 Å². The fraction of sp³-hybridized carbons (Fsp3) is 0.364. The Bertz CT molecular complexity index is 484. The molecule has 86 valence electrons. The Morgan fingerprint density at radius 2 is 2.38 bits per heavy atom. The molecule has 0 aliphatic heterocycles. The highest BCUT2D eigenvalue weighted by molar-refractivity contribution is 7.99. The normalized spacial score (nSPS) is 13.1. The van der Waals surface area contributed by atoms with Crippen LogP contribution in [0.5, 0.6) is 0 Å². The average molecular weight is 238 g/mol. The van der Waals surface area contributed by atoms with Gasteiger partial charge < -0.3 is 15.3 Å². The zero-order valence-corrected chi connectivity index (χ0v) is 9.83. The van der Waals surface area contributed by atoms with Crippen LogP contribution >= 0.6 is 11.8 Å². The van der Waals surface area contributed by atoms with Gasteiger partial charge in [0.25, 0.3) is 5.22 Å². The van der Waals surface area contributed by atoms with Crippen molar-refractivity contribution in [1.29, 1.82) is 0 Å². The highest BCUT2D eigenvalue weighted by Gasteiger charge is 2.10. The summed E-state index contributed by atoms with van der Waals surface area (Å²) < 4.78 is 5.55. The Morgan fingerprint density at radius 3 is 3.12 bits per heavy atom. The van der Waals surface area contributed by atoms with Crippen molar-refractivity contribution in [1.82, 2.24) is 4.98 Å². The van der Waals surface area contributed by atoms with Crippen molar-refractivity contribution in [3.8, 4) is 0 Å². The Labute approximate surface area is 97.8 Å². The molecule has 0 aliphatic rings. The number of aromatic nitrogens is 1. The molecule has 3 N–H and O–H groups in total. The molecule has 0 saturated heterocycles. The molecular formula is C11H14N2O2S. The number of nitrogen functional groups attached to an aromatic ring is 1. The molecule has 2 rings (SSSR count). The van der Waals surface area contributed by atoms with Gasteiger partial charge in [0.1, 0.15) is 5.52 Å². The number of rotatable bonds is 4. The maximum absolute atomic E-state index is 8.81. The minimum Gasteiger partial charge on any atom is -0.431 e. The average Bonchev–Trinajstić information content (AvgIpc) is 2.59. The predicted molar refractivity (Wildman–Crippen MR) is 65.4 cm³/mol. The van der Waals surface area contributed by atoms with E-state index in [-0.39, 0.29) is 11.9 Å². The molecule has 2 aromatic rings. The maximum Gasteiger partial charge on any atom is 0.257 e. The number of nitrogens with zero attached hydrogens (tertiary/aromatic N) is 1. The summed E-state index contributed by atoms with van der Waals surface area (Å²) >= 11 is 1.52. The molecule has 0 amide bonds. The first-order chi connectivity index (χ1) is 7.69. The van der Waals surface area contributed by atoms with Gasteiger partial charge in [-0.2, -0.15) is 0 Å². The Hall–Kier alpha value is -1.20. The summed E-state index contributed by atoms with van der Waals surface area (Å²) in [6.07, 6.45) is 0.728. The van der Waals surface area contributed by atoms with Gasteiger partial charge in [-0.15, -0.1) is 0 Å². The van der Waals surface area contributed by atoms with Gasteiger partial charge in [-0.1, -0.05) is 18.7 Å². The van der Waals surface area contributed by atoms with Crippen LogP contribution in [0.2, 0.25) is 0 Å². The molecule has 4 nitrogen and oxygen atoms in total. The Morgan fingerprint density at radius 1 is 1.56 bits per heavy atom. The minimum absolute atomic E-state index is 0.182. The predicted octanol–water partition coefficient (Wildman–Crippen LogP) is 2.27. The third kappa shape index (κ3) is 2.48. The van der Waals surface area contributed by atoms with E-state index in [0.29, 0.717) is 10.9 Å². The van der Waals surface area contributed by atoms with Gasteiger partial charge in [0.05, 0.1) is 0 Å². The summed E-state index contributed by atoms with van der Waals surface area (Å²) in [5, 5.41) is 9.72. The molecule has 0 aliphatic carbocycles. The third-order valence-electron chi connectivity index (χ3n) is 2.23. The van der Waals surface area contributed by atoms with E-state index < -0.39 is 0 Å². The first kappa shape index (κ1) is 11.3. The molecule has 1 atom stereocenters. The topological polar surface area (TPSA) is 72.3 Å². The van der Waals surface area contributed by atoms with Crippen LogP contribution in [0.1, 0.15) is 13.3 Å². The molecular weight excluding hydrogens is 224 g/mol. The van der Waals surface area contributed by atoms with Crippen LogP contribution in [0.25, 0.3) is 11.1 Å². The Kier molecular flexibility index (Phi) is 3.36. The SMILES string of the molecule is CC(CCO)Sc1nc2cc(N)ccc2o1. The molecule has 5 heteroatoms. The number of nitrogens with two attached hydrogens (primary N) is 1. The minimum atomic E-state index is 0.182. The molecule has 0 spiro atoms. The number of fused-ring (bicyclic) bond motifs is 1. The monoisotopic (exact) mass is 238 g/mol. The zero-order chi connectivity index (χ0) is 11.5. The van der Waals surface area contributed by atoms with Crippen LogP contribution < -0.4 is 5.73 Å². The first-order valence-corrected chi connectivity index (χ1v) is 6.00. The molecule has 1 aromatic carbocycles. The van der Waals surface area contributed by atoms with E-state index in [1.165, 1.54) is 11.8 Å². The lowest BCUT2D eigenvalue weighted by molar-refractivity contribution is 0.288. The fourth-order valence-corrected chi connectivity index (χ4v) is 2.24. The van der Waals surface area contributed by atoms with Gasteiger partial charge >= 0.3 is 0 Å². The Balaban J connectivity index is 2.19. The van der Waals surface area contributed by atoms with Crippen molar-refractivity contribution in [3.63, 3.8) is 0 Å². The quantitative estimate of drug-likeness (QED) is 0.631. The van der Waals surface area contributed by atoms with E-state index in [1.807, 2.05) is 13.0 Å². The van der Waals surface area contributed by atoms with E-state index in [1.54, 1.807) is 12.1 Å². The largest absolute Gasteiger partial charge is 0.431 e. The number of aliphatic hydroxyl groups is 1. The van der Waals surface area contributed by atoms with Gasteiger partial charge in [-0.05, 0) is 24.6 Å². The standard InChI is InChI=1S/C11H14N2O2S/c1-7(4-5-14)16-11-13-9-6-8(12)2-3-10(9)15-11/h2-3,6-7,14H,4-5,12H2,1H3. The summed E-state index contributed by atoms with van der Waals surface area (Å²) in [6, 6.07) is 5.40. The first-order valence-electron chi connectivity index (χ1n) is 5.12. The maximum atomic E-state index is 8.81. The van der Waals surface area contributed by atoms with Crippen molar-refractivity contribution >= 4 is 28.5 Å². The number of aliphatic hydroxyl groups excluding tert-OH is 1. The van der Waals surface area contributed by atoms with Crippen LogP contribution in [0.3, 0.4) is 0 Å². The number of benzene rings is 1. The van der Waals surface area contributed by atoms with Gasteiger partial charge in [0.15, 0.2) is 5.58 Å². The van der Waals surface area contributed by atoms with E-state index in [9.17, 15) is 0 Å². The smallest absolute Gasteiger partial charge is 0.257 e. The van der Waals surface area contributed by atoms with Crippen LogP contribution in [0.4, 0.5) is 5.69 Å². The van der Waals surface area contributed by atoms with E-state index in [0.717, 1.165) is 17.5 Å². The molecule has 16 heavy (non-hydrogen) atoms. The molecule has 1 aromatic heterocycles. The molecule has 1 heterocycles. The zero-order valence-electron chi connectivity index (χ0n) is 9.01. The number of anilines is 1. The highest BCUT2D eigenvalue weighted by Crippen LogP contribution is 2.28. The second-order valence-corrected chi connectivity index (χ2v) is 5.04. The molecule has 0 fully saturated rings. The summed E-state index contributed by atoms with van der Waals surface area (Å²) in [4.78, 5) is 4.33. The number of oxazole rings is 1. The summed E-state index contributed by atoms with van der Waals surface area (Å²) in [5.41, 5.74) is 7.86. The van der Waals surface area contributed by atoms with Crippen LogP contribution in [-0.4, -0.2) is 21.9 Å². The molecule has 0 saturated carbocycles. The molecule has 0 bridgehead atoms. The van der Waals surface area contributed by atoms with Crippen LogP contribution in [-0.2, 0) is 0 Å². The van der Waals surface area contributed by atoms with Gasteiger partial charge in [0.2, 0.25) is 0 Å². The number of thioether (sulfide) groups is 1. The van der Waals surface area contributed by atoms with Crippen LogP contribution in [0, 0.1) is 0 Å². The van der Waals surface area contributed by atoms with Crippen LogP contribution in [0.15, 0.2) is 27.8 Å². The van der Waals surface area contributed by atoms with E-state index in [4.69, 9.17) is 15.3 Å². The summed E-state index contributed by atoms with van der Waals surface area (Å²) in [6.45, 7) is 2.21. The van der Waals surface area contributed by atoms with E-state index >= 15 is 0 Å². The summed E-state index contributed by atoms with van der Waals surface area (Å²) in [7, 11) is 0. The third-order valence-corrected chi connectivity index (χ3v) is 3.24.